The van der Waals surface area contributed by atoms with Crippen LogP contribution in [0.15, 0.2) is 48.5 Å². The number of carbonyl (C=O) groups is 2. The third-order valence-corrected chi connectivity index (χ3v) is 6.15. The Hall–Kier alpha value is -2.65. The Labute approximate surface area is 193 Å². The summed E-state index contributed by atoms with van der Waals surface area (Å²) in [5, 5.41) is 3.27. The number of nitrogens with zero attached hydrogens (tertiary/aromatic N) is 2. The van der Waals surface area contributed by atoms with Crippen molar-refractivity contribution in [2.24, 2.45) is 0 Å². The van der Waals surface area contributed by atoms with E-state index in [-0.39, 0.29) is 18.1 Å². The van der Waals surface area contributed by atoms with Gasteiger partial charge in [-0.25, -0.2) is 12.8 Å². The summed E-state index contributed by atoms with van der Waals surface area (Å²) < 4.78 is 39.3. The van der Waals surface area contributed by atoms with Gasteiger partial charge in [0.15, 0.2) is 0 Å². The molecule has 0 aliphatic carbocycles. The number of anilines is 1. The lowest BCUT2D eigenvalue weighted by molar-refractivity contribution is -0.139. The summed E-state index contributed by atoms with van der Waals surface area (Å²) in [6, 6.07) is 10.9. The molecular weight excluding hydrogens is 457 g/mol. The summed E-state index contributed by atoms with van der Waals surface area (Å²) in [4.78, 5) is 27.1. The SMILES string of the molecule is CCCNC(=O)C(C)N(Cc1ccc(Cl)cc1)C(=O)CN(c1cccc(F)c1)S(C)(=O)=O. The minimum atomic E-state index is -3.90. The predicted molar refractivity (Wildman–Crippen MR) is 123 cm³/mol. The maximum atomic E-state index is 13.7. The van der Waals surface area contributed by atoms with Crippen molar-refractivity contribution < 1.29 is 22.4 Å². The molecule has 1 atom stereocenters. The van der Waals surface area contributed by atoms with Gasteiger partial charge in [-0.3, -0.25) is 13.9 Å². The Kier molecular flexibility index (Phi) is 9.03. The highest BCUT2D eigenvalue weighted by Crippen LogP contribution is 2.20. The van der Waals surface area contributed by atoms with E-state index >= 15 is 0 Å². The first-order chi connectivity index (χ1) is 15.0. The Bertz CT molecular complexity index is 1050. The molecule has 0 fully saturated rings. The van der Waals surface area contributed by atoms with E-state index in [1.54, 1.807) is 31.2 Å². The van der Waals surface area contributed by atoms with E-state index in [1.807, 2.05) is 6.92 Å². The van der Waals surface area contributed by atoms with Crippen LogP contribution in [-0.2, 0) is 26.2 Å². The van der Waals surface area contributed by atoms with Crippen LogP contribution < -0.4 is 9.62 Å². The van der Waals surface area contributed by atoms with Crippen LogP contribution in [0.25, 0.3) is 0 Å². The van der Waals surface area contributed by atoms with Gasteiger partial charge < -0.3 is 10.2 Å². The number of carbonyl (C=O) groups excluding carboxylic acids is 2. The van der Waals surface area contributed by atoms with Gasteiger partial charge in [-0.05, 0) is 49.2 Å². The lowest BCUT2D eigenvalue weighted by Crippen LogP contribution is -2.51. The van der Waals surface area contributed by atoms with Crippen LogP contribution in [0.1, 0.15) is 25.8 Å². The van der Waals surface area contributed by atoms with Crippen LogP contribution in [0.4, 0.5) is 10.1 Å². The highest BCUT2D eigenvalue weighted by molar-refractivity contribution is 7.92. The smallest absolute Gasteiger partial charge is 0.244 e. The molecule has 0 aliphatic heterocycles. The van der Waals surface area contributed by atoms with Gasteiger partial charge >= 0.3 is 0 Å². The van der Waals surface area contributed by atoms with Crippen LogP contribution in [0.2, 0.25) is 5.02 Å². The van der Waals surface area contributed by atoms with Crippen molar-refractivity contribution in [3.8, 4) is 0 Å². The van der Waals surface area contributed by atoms with E-state index in [4.69, 9.17) is 11.6 Å². The molecule has 0 spiro atoms. The molecule has 0 aromatic heterocycles. The summed E-state index contributed by atoms with van der Waals surface area (Å²) >= 11 is 5.93. The van der Waals surface area contributed by atoms with Crippen molar-refractivity contribution >= 4 is 39.1 Å². The lowest BCUT2D eigenvalue weighted by Gasteiger charge is -2.31. The molecule has 174 valence electrons. The fourth-order valence-corrected chi connectivity index (χ4v) is 3.98. The lowest BCUT2D eigenvalue weighted by atomic mass is 10.1. The van der Waals surface area contributed by atoms with Gasteiger partial charge in [0, 0.05) is 18.1 Å². The molecule has 2 rings (SSSR count). The molecule has 0 aliphatic rings. The standard InChI is InChI=1S/C22H27ClFN3O4S/c1-4-12-25-22(29)16(2)26(14-17-8-10-18(23)11-9-17)21(28)15-27(32(3,30)31)20-7-5-6-19(24)13-20/h5-11,13,16H,4,12,14-15H2,1-3H3,(H,25,29). The molecule has 7 nitrogen and oxygen atoms in total. The van der Waals surface area contributed by atoms with Crippen LogP contribution in [0.5, 0.6) is 0 Å². The van der Waals surface area contributed by atoms with Crippen LogP contribution in [0, 0.1) is 5.82 Å². The average molecular weight is 484 g/mol. The highest BCUT2D eigenvalue weighted by Gasteiger charge is 2.30. The van der Waals surface area contributed by atoms with E-state index in [9.17, 15) is 22.4 Å². The molecule has 2 aromatic rings. The molecule has 0 saturated carbocycles. The number of hydrogen-bond acceptors (Lipinski definition) is 4. The average Bonchev–Trinajstić information content (AvgIpc) is 2.73. The first kappa shape index (κ1) is 25.6. The Morgan fingerprint density at radius 2 is 1.81 bits per heavy atom. The number of sulfonamides is 1. The molecule has 2 amide bonds. The van der Waals surface area contributed by atoms with Crippen LogP contribution in [-0.4, -0.2) is 50.5 Å². The number of benzene rings is 2. The topological polar surface area (TPSA) is 86.8 Å². The Morgan fingerprint density at radius 1 is 1.16 bits per heavy atom. The maximum Gasteiger partial charge on any atom is 0.244 e. The molecule has 1 N–H and O–H groups in total. The molecule has 10 heteroatoms. The second kappa shape index (κ2) is 11.3. The van der Waals surface area contributed by atoms with Crippen molar-refractivity contribution in [3.05, 3.63) is 64.9 Å². The second-order valence-corrected chi connectivity index (χ2v) is 9.71. The first-order valence-corrected chi connectivity index (χ1v) is 12.3. The number of nitrogens with one attached hydrogen (secondary N) is 1. The van der Waals surface area contributed by atoms with Crippen molar-refractivity contribution in [3.63, 3.8) is 0 Å². The summed E-state index contributed by atoms with van der Waals surface area (Å²) in [6.07, 6.45) is 1.66. The van der Waals surface area contributed by atoms with E-state index in [2.05, 4.69) is 5.32 Å². The second-order valence-electron chi connectivity index (χ2n) is 7.36. The van der Waals surface area contributed by atoms with Crippen LogP contribution in [0.3, 0.4) is 0 Å². The number of hydrogen-bond donors (Lipinski definition) is 1. The van der Waals surface area contributed by atoms with E-state index in [1.165, 1.54) is 23.1 Å². The highest BCUT2D eigenvalue weighted by atomic mass is 35.5. The third kappa shape index (κ3) is 7.20. The van der Waals surface area contributed by atoms with Gasteiger partial charge in [-0.15, -0.1) is 0 Å². The zero-order valence-electron chi connectivity index (χ0n) is 18.2. The fourth-order valence-electron chi connectivity index (χ4n) is 3.01. The monoisotopic (exact) mass is 483 g/mol. The predicted octanol–water partition coefficient (Wildman–Crippen LogP) is 3.19. The summed E-state index contributed by atoms with van der Waals surface area (Å²) in [6.45, 7) is 3.42. The molecule has 0 heterocycles. The van der Waals surface area contributed by atoms with E-state index in [0.29, 0.717) is 11.6 Å². The number of rotatable bonds is 10. The zero-order chi connectivity index (χ0) is 23.9. The third-order valence-electron chi connectivity index (χ3n) is 4.76. The zero-order valence-corrected chi connectivity index (χ0v) is 19.8. The molecule has 1 unspecified atom stereocenters. The molecule has 32 heavy (non-hydrogen) atoms. The van der Waals surface area contributed by atoms with Gasteiger partial charge in [-0.1, -0.05) is 36.7 Å². The summed E-state index contributed by atoms with van der Waals surface area (Å²) in [7, 11) is -3.90. The van der Waals surface area contributed by atoms with Gasteiger partial charge in [0.05, 0.1) is 11.9 Å². The molecule has 0 bridgehead atoms. The van der Waals surface area contributed by atoms with E-state index in [0.717, 1.165) is 28.6 Å². The number of halogens is 2. The Balaban J connectivity index is 2.35. The molecular formula is C22H27ClFN3O4S. The Morgan fingerprint density at radius 3 is 2.38 bits per heavy atom. The summed E-state index contributed by atoms with van der Waals surface area (Å²) in [5.74, 6) is -1.59. The largest absolute Gasteiger partial charge is 0.354 e. The minimum Gasteiger partial charge on any atom is -0.354 e. The quantitative estimate of drug-likeness (QED) is 0.562. The fraction of sp³-hybridized carbons (Fsp3) is 0.364. The van der Waals surface area contributed by atoms with Gasteiger partial charge in [0.25, 0.3) is 0 Å². The van der Waals surface area contributed by atoms with Gasteiger partial charge in [-0.2, -0.15) is 0 Å². The van der Waals surface area contributed by atoms with Crippen molar-refractivity contribution in [2.75, 3.05) is 23.7 Å². The normalized spacial score (nSPS) is 12.2. The maximum absolute atomic E-state index is 13.7. The first-order valence-electron chi connectivity index (χ1n) is 10.1. The summed E-state index contributed by atoms with van der Waals surface area (Å²) in [5.41, 5.74) is 0.741. The van der Waals surface area contributed by atoms with Gasteiger partial charge in [0.2, 0.25) is 21.8 Å². The van der Waals surface area contributed by atoms with Crippen molar-refractivity contribution in [1.82, 2.24) is 10.2 Å². The van der Waals surface area contributed by atoms with E-state index < -0.39 is 34.3 Å². The molecule has 2 aromatic carbocycles. The molecule has 0 saturated heterocycles. The van der Waals surface area contributed by atoms with Crippen LogP contribution >= 0.6 is 11.6 Å². The number of amides is 2. The minimum absolute atomic E-state index is 0.0235. The van der Waals surface area contributed by atoms with Crippen molar-refractivity contribution in [2.45, 2.75) is 32.9 Å². The van der Waals surface area contributed by atoms with Crippen molar-refractivity contribution in [1.29, 1.82) is 0 Å². The molecule has 0 radical (unpaired) electrons. The van der Waals surface area contributed by atoms with Gasteiger partial charge in [0.1, 0.15) is 18.4 Å².